The Kier molecular flexibility index (Phi) is 2.11. The third kappa shape index (κ3) is 1.21. The summed E-state index contributed by atoms with van der Waals surface area (Å²) in [5, 5.41) is 18.7. The number of nitrogens with zero attached hydrogens (tertiary/aromatic N) is 3. The van der Waals surface area contributed by atoms with Gasteiger partial charge in [-0.1, -0.05) is 31.2 Å². The number of aromatic nitrogens is 2. The van der Waals surface area contributed by atoms with Crippen LogP contribution in [-0.2, 0) is 6.42 Å². The first kappa shape index (κ1) is 8.64. The van der Waals surface area contributed by atoms with E-state index in [2.05, 4.69) is 10.2 Å². The van der Waals surface area contributed by atoms with Gasteiger partial charge in [0, 0.05) is 10.8 Å². The molecule has 2 rings (SSSR count). The van der Waals surface area contributed by atoms with E-state index in [1.165, 1.54) is 0 Å². The molecule has 0 aliphatic carbocycles. The Balaban J connectivity index is 2.87. The molecule has 1 aromatic carbocycles. The lowest BCUT2D eigenvalue weighted by Gasteiger charge is -2.02. The minimum absolute atomic E-state index is 0.401. The van der Waals surface area contributed by atoms with Gasteiger partial charge in [0.25, 0.3) is 0 Å². The number of rotatable bonds is 1. The molecule has 2 aromatic rings. The zero-order chi connectivity index (χ0) is 9.97. The summed E-state index contributed by atoms with van der Waals surface area (Å²) in [7, 11) is 0. The highest BCUT2D eigenvalue weighted by molar-refractivity contribution is 5.87. The molecule has 0 radical (unpaired) electrons. The van der Waals surface area contributed by atoms with Crippen molar-refractivity contribution in [1.82, 2.24) is 10.2 Å². The minimum Gasteiger partial charge on any atom is -0.191 e. The van der Waals surface area contributed by atoms with Crippen molar-refractivity contribution in [2.75, 3.05) is 0 Å². The van der Waals surface area contributed by atoms with E-state index in [0.717, 1.165) is 22.9 Å². The van der Waals surface area contributed by atoms with Gasteiger partial charge in [-0.05, 0) is 6.42 Å². The normalized spacial score (nSPS) is 10.0. The Bertz CT molecular complexity index is 511. The maximum absolute atomic E-state index is 8.85. The summed E-state index contributed by atoms with van der Waals surface area (Å²) < 4.78 is 0. The Hall–Kier alpha value is -1.95. The van der Waals surface area contributed by atoms with Crippen LogP contribution in [-0.4, -0.2) is 10.2 Å². The molecule has 3 nitrogen and oxygen atoms in total. The van der Waals surface area contributed by atoms with Crippen molar-refractivity contribution in [1.29, 1.82) is 5.26 Å². The largest absolute Gasteiger partial charge is 0.191 e. The zero-order valence-electron chi connectivity index (χ0n) is 7.86. The minimum atomic E-state index is 0.401. The van der Waals surface area contributed by atoms with E-state index >= 15 is 0 Å². The fourth-order valence-corrected chi connectivity index (χ4v) is 1.50. The molecule has 1 aromatic heterocycles. The molecule has 0 N–H and O–H groups in total. The average molecular weight is 183 g/mol. The van der Waals surface area contributed by atoms with Gasteiger partial charge in [-0.2, -0.15) is 10.4 Å². The van der Waals surface area contributed by atoms with E-state index in [1.807, 2.05) is 37.3 Å². The summed E-state index contributed by atoms with van der Waals surface area (Å²) in [5.74, 6) is 0. The Morgan fingerprint density at radius 1 is 1.21 bits per heavy atom. The topological polar surface area (TPSA) is 49.6 Å². The van der Waals surface area contributed by atoms with Gasteiger partial charge in [0.15, 0.2) is 5.69 Å². The summed E-state index contributed by atoms with van der Waals surface area (Å²) >= 11 is 0. The lowest BCUT2D eigenvalue weighted by Crippen LogP contribution is -1.96. The van der Waals surface area contributed by atoms with Crippen molar-refractivity contribution in [3.63, 3.8) is 0 Å². The molecule has 1 heterocycles. The molecule has 0 amide bonds. The molecule has 68 valence electrons. The van der Waals surface area contributed by atoms with Gasteiger partial charge in [0.2, 0.25) is 0 Å². The number of hydrogen-bond donors (Lipinski definition) is 0. The first-order valence-corrected chi connectivity index (χ1v) is 4.51. The second kappa shape index (κ2) is 3.43. The third-order valence-corrected chi connectivity index (χ3v) is 2.20. The molecule has 0 aliphatic heterocycles. The fraction of sp³-hybridized carbons (Fsp3) is 0.182. The molecular weight excluding hydrogens is 174 g/mol. The monoisotopic (exact) mass is 183 g/mol. The Morgan fingerprint density at radius 3 is 2.57 bits per heavy atom. The van der Waals surface area contributed by atoms with Crippen LogP contribution in [0.15, 0.2) is 24.3 Å². The second-order valence-corrected chi connectivity index (χ2v) is 3.01. The molecule has 0 bridgehead atoms. The van der Waals surface area contributed by atoms with Crippen LogP contribution >= 0.6 is 0 Å². The predicted molar refractivity (Wildman–Crippen MR) is 53.6 cm³/mol. The van der Waals surface area contributed by atoms with E-state index in [-0.39, 0.29) is 0 Å². The third-order valence-electron chi connectivity index (χ3n) is 2.20. The zero-order valence-corrected chi connectivity index (χ0v) is 7.86. The van der Waals surface area contributed by atoms with Gasteiger partial charge >= 0.3 is 0 Å². The highest BCUT2D eigenvalue weighted by Gasteiger charge is 2.05. The van der Waals surface area contributed by atoms with Crippen molar-refractivity contribution < 1.29 is 0 Å². The molecular formula is C11H9N3. The average Bonchev–Trinajstić information content (AvgIpc) is 2.27. The number of aryl methyl sites for hydroxylation is 1. The molecule has 0 unspecified atom stereocenters. The van der Waals surface area contributed by atoms with Crippen LogP contribution in [0.4, 0.5) is 0 Å². The van der Waals surface area contributed by atoms with Crippen molar-refractivity contribution in [2.24, 2.45) is 0 Å². The number of nitriles is 1. The van der Waals surface area contributed by atoms with Crippen LogP contribution in [0.5, 0.6) is 0 Å². The summed E-state index contributed by atoms with van der Waals surface area (Å²) in [6, 6.07) is 9.78. The van der Waals surface area contributed by atoms with Crippen LogP contribution in [0.25, 0.3) is 10.8 Å². The smallest absolute Gasteiger partial charge is 0.170 e. The van der Waals surface area contributed by atoms with E-state index < -0.39 is 0 Å². The lowest BCUT2D eigenvalue weighted by molar-refractivity contribution is 0.930. The van der Waals surface area contributed by atoms with Crippen LogP contribution in [0.1, 0.15) is 18.3 Å². The molecule has 14 heavy (non-hydrogen) atoms. The van der Waals surface area contributed by atoms with Crippen LogP contribution < -0.4 is 0 Å². The molecule has 0 atom stereocenters. The molecule has 0 saturated heterocycles. The van der Waals surface area contributed by atoms with E-state index in [1.54, 1.807) is 0 Å². The number of hydrogen-bond acceptors (Lipinski definition) is 3. The molecule has 0 fully saturated rings. The highest BCUT2D eigenvalue weighted by Crippen LogP contribution is 2.18. The number of fused-ring (bicyclic) bond motifs is 1. The highest BCUT2D eigenvalue weighted by atomic mass is 15.1. The SMILES string of the molecule is CCc1nnc(C#N)c2ccccc12. The summed E-state index contributed by atoms with van der Waals surface area (Å²) in [6.45, 7) is 2.03. The van der Waals surface area contributed by atoms with Crippen LogP contribution in [0.2, 0.25) is 0 Å². The Labute approximate surface area is 82.0 Å². The molecule has 0 saturated carbocycles. The number of benzene rings is 1. The molecule has 0 aliphatic rings. The van der Waals surface area contributed by atoms with E-state index in [9.17, 15) is 0 Å². The van der Waals surface area contributed by atoms with E-state index in [0.29, 0.717) is 5.69 Å². The van der Waals surface area contributed by atoms with Gasteiger partial charge in [0.05, 0.1) is 5.69 Å². The van der Waals surface area contributed by atoms with Gasteiger partial charge in [-0.25, -0.2) is 0 Å². The summed E-state index contributed by atoms with van der Waals surface area (Å²) in [4.78, 5) is 0. The summed E-state index contributed by atoms with van der Waals surface area (Å²) in [5.41, 5.74) is 1.34. The quantitative estimate of drug-likeness (QED) is 0.680. The van der Waals surface area contributed by atoms with Gasteiger partial charge < -0.3 is 0 Å². The maximum Gasteiger partial charge on any atom is 0.170 e. The molecule has 3 heteroatoms. The second-order valence-electron chi connectivity index (χ2n) is 3.01. The van der Waals surface area contributed by atoms with Gasteiger partial charge in [-0.15, -0.1) is 5.10 Å². The van der Waals surface area contributed by atoms with Crippen molar-refractivity contribution in [2.45, 2.75) is 13.3 Å². The van der Waals surface area contributed by atoms with Crippen LogP contribution in [0, 0.1) is 11.3 Å². The fourth-order valence-electron chi connectivity index (χ4n) is 1.50. The first-order valence-electron chi connectivity index (χ1n) is 4.51. The van der Waals surface area contributed by atoms with Crippen molar-refractivity contribution >= 4 is 10.8 Å². The van der Waals surface area contributed by atoms with Crippen LogP contribution in [0.3, 0.4) is 0 Å². The van der Waals surface area contributed by atoms with Crippen molar-refractivity contribution in [3.8, 4) is 6.07 Å². The first-order chi connectivity index (χ1) is 6.86. The standard InChI is InChI=1S/C11H9N3/c1-2-10-8-5-3-4-6-9(8)11(7-12)14-13-10/h3-6H,2H2,1H3. The lowest BCUT2D eigenvalue weighted by atomic mass is 10.1. The van der Waals surface area contributed by atoms with Gasteiger partial charge in [-0.3, -0.25) is 0 Å². The van der Waals surface area contributed by atoms with Gasteiger partial charge in [0.1, 0.15) is 6.07 Å². The summed E-state index contributed by atoms with van der Waals surface area (Å²) in [6.07, 6.45) is 0.833. The van der Waals surface area contributed by atoms with Crippen molar-refractivity contribution in [3.05, 3.63) is 35.7 Å². The predicted octanol–water partition coefficient (Wildman–Crippen LogP) is 2.06. The van der Waals surface area contributed by atoms with E-state index in [4.69, 9.17) is 5.26 Å². The molecule has 0 spiro atoms. The Morgan fingerprint density at radius 2 is 1.93 bits per heavy atom. The maximum atomic E-state index is 8.85.